The summed E-state index contributed by atoms with van der Waals surface area (Å²) in [5.74, 6) is -1.46. The quantitative estimate of drug-likeness (QED) is 0.808. The summed E-state index contributed by atoms with van der Waals surface area (Å²) in [4.78, 5) is 0. The zero-order valence-corrected chi connectivity index (χ0v) is 10.2. The molecule has 1 aromatic carbocycles. The van der Waals surface area contributed by atoms with Crippen molar-refractivity contribution in [3.63, 3.8) is 0 Å². The Kier molecular flexibility index (Phi) is 4.09. The molecule has 0 unspecified atom stereocenters. The van der Waals surface area contributed by atoms with Gasteiger partial charge in [0.2, 0.25) is 0 Å². The third kappa shape index (κ3) is 2.76. The van der Waals surface area contributed by atoms with Gasteiger partial charge < -0.3 is 10.4 Å². The lowest BCUT2D eigenvalue weighted by atomic mass is 10.0. The van der Waals surface area contributed by atoms with E-state index in [0.29, 0.717) is 5.56 Å². The SMILES string of the molecule is C[C@@H](N[C@@H]1C=C[C@H](CO)C1)c1cccc(F)c1F. The van der Waals surface area contributed by atoms with Crippen LogP contribution < -0.4 is 5.32 Å². The molecular weight excluding hydrogens is 236 g/mol. The molecule has 0 fully saturated rings. The van der Waals surface area contributed by atoms with Gasteiger partial charge in [0, 0.05) is 30.2 Å². The van der Waals surface area contributed by atoms with Gasteiger partial charge in [0.15, 0.2) is 11.6 Å². The molecule has 0 aromatic heterocycles. The highest BCUT2D eigenvalue weighted by Gasteiger charge is 2.21. The van der Waals surface area contributed by atoms with Crippen molar-refractivity contribution in [2.75, 3.05) is 6.61 Å². The highest BCUT2D eigenvalue weighted by Crippen LogP contribution is 2.23. The van der Waals surface area contributed by atoms with Crippen LogP contribution in [0.25, 0.3) is 0 Å². The Labute approximate surface area is 105 Å². The highest BCUT2D eigenvalue weighted by atomic mass is 19.2. The van der Waals surface area contributed by atoms with Crippen LogP contribution in [0.2, 0.25) is 0 Å². The summed E-state index contributed by atoms with van der Waals surface area (Å²) in [6, 6.07) is 4.03. The number of rotatable bonds is 4. The number of benzene rings is 1. The average molecular weight is 253 g/mol. The molecule has 0 saturated heterocycles. The molecule has 0 saturated carbocycles. The van der Waals surface area contributed by atoms with Gasteiger partial charge in [-0.1, -0.05) is 24.3 Å². The van der Waals surface area contributed by atoms with E-state index in [1.54, 1.807) is 13.0 Å². The lowest BCUT2D eigenvalue weighted by Crippen LogP contribution is -2.30. The molecule has 3 atom stereocenters. The van der Waals surface area contributed by atoms with Gasteiger partial charge in [-0.3, -0.25) is 0 Å². The summed E-state index contributed by atoms with van der Waals surface area (Å²) in [7, 11) is 0. The van der Waals surface area contributed by atoms with E-state index >= 15 is 0 Å². The Morgan fingerprint density at radius 1 is 1.39 bits per heavy atom. The first-order valence-corrected chi connectivity index (χ1v) is 6.11. The maximum atomic E-state index is 13.6. The van der Waals surface area contributed by atoms with Gasteiger partial charge >= 0.3 is 0 Å². The predicted molar refractivity (Wildman–Crippen MR) is 66.0 cm³/mol. The summed E-state index contributed by atoms with van der Waals surface area (Å²) in [6.07, 6.45) is 4.71. The van der Waals surface area contributed by atoms with Crippen LogP contribution in [0.1, 0.15) is 24.9 Å². The second-order valence-electron chi connectivity index (χ2n) is 4.70. The van der Waals surface area contributed by atoms with E-state index in [0.717, 1.165) is 12.5 Å². The first kappa shape index (κ1) is 13.2. The molecule has 98 valence electrons. The summed E-state index contributed by atoms with van der Waals surface area (Å²) in [5, 5.41) is 12.2. The molecule has 0 spiro atoms. The molecule has 18 heavy (non-hydrogen) atoms. The molecule has 1 aliphatic carbocycles. The summed E-state index contributed by atoms with van der Waals surface area (Å²) < 4.78 is 26.7. The molecule has 1 aromatic rings. The summed E-state index contributed by atoms with van der Waals surface area (Å²) in [6.45, 7) is 1.93. The van der Waals surface area contributed by atoms with Gasteiger partial charge in [-0.05, 0) is 19.4 Å². The molecule has 2 nitrogen and oxygen atoms in total. The van der Waals surface area contributed by atoms with Crippen molar-refractivity contribution in [1.29, 1.82) is 0 Å². The number of aliphatic hydroxyl groups is 1. The first-order chi connectivity index (χ1) is 8.61. The highest BCUT2D eigenvalue weighted by molar-refractivity contribution is 5.22. The average Bonchev–Trinajstić information content (AvgIpc) is 2.80. The maximum Gasteiger partial charge on any atom is 0.163 e. The molecule has 0 bridgehead atoms. The fourth-order valence-corrected chi connectivity index (χ4v) is 2.30. The fourth-order valence-electron chi connectivity index (χ4n) is 2.30. The largest absolute Gasteiger partial charge is 0.396 e. The second kappa shape index (κ2) is 5.59. The first-order valence-electron chi connectivity index (χ1n) is 6.11. The van der Waals surface area contributed by atoms with Gasteiger partial charge in [0.25, 0.3) is 0 Å². The van der Waals surface area contributed by atoms with Crippen molar-refractivity contribution in [3.05, 3.63) is 47.5 Å². The minimum Gasteiger partial charge on any atom is -0.396 e. The maximum absolute atomic E-state index is 13.6. The molecular formula is C14H17F2NO. The lowest BCUT2D eigenvalue weighted by Gasteiger charge is -2.20. The van der Waals surface area contributed by atoms with E-state index in [4.69, 9.17) is 5.11 Å². The number of hydrogen-bond acceptors (Lipinski definition) is 2. The van der Waals surface area contributed by atoms with Crippen molar-refractivity contribution in [2.24, 2.45) is 5.92 Å². The molecule has 1 aliphatic rings. The topological polar surface area (TPSA) is 32.3 Å². The van der Waals surface area contributed by atoms with Crippen LogP contribution in [0.5, 0.6) is 0 Å². The van der Waals surface area contributed by atoms with Crippen LogP contribution >= 0.6 is 0 Å². The number of nitrogens with one attached hydrogen (secondary N) is 1. The molecule has 0 amide bonds. The van der Waals surface area contributed by atoms with Crippen LogP contribution in [-0.4, -0.2) is 17.8 Å². The van der Waals surface area contributed by atoms with Crippen molar-refractivity contribution in [3.8, 4) is 0 Å². The third-order valence-corrected chi connectivity index (χ3v) is 3.32. The van der Waals surface area contributed by atoms with E-state index in [9.17, 15) is 8.78 Å². The third-order valence-electron chi connectivity index (χ3n) is 3.32. The fraction of sp³-hybridized carbons (Fsp3) is 0.429. The minimum atomic E-state index is -0.823. The summed E-state index contributed by atoms with van der Waals surface area (Å²) in [5.41, 5.74) is 0.329. The van der Waals surface area contributed by atoms with Gasteiger partial charge in [0.1, 0.15) is 0 Å². The van der Waals surface area contributed by atoms with E-state index in [2.05, 4.69) is 5.32 Å². The molecule has 0 aliphatic heterocycles. The zero-order valence-electron chi connectivity index (χ0n) is 10.2. The van der Waals surface area contributed by atoms with Crippen LogP contribution in [0.4, 0.5) is 8.78 Å². The Hall–Kier alpha value is -1.26. The lowest BCUT2D eigenvalue weighted by molar-refractivity contribution is 0.245. The van der Waals surface area contributed by atoms with E-state index in [-0.39, 0.29) is 24.6 Å². The van der Waals surface area contributed by atoms with E-state index < -0.39 is 11.6 Å². The monoisotopic (exact) mass is 253 g/mol. The van der Waals surface area contributed by atoms with Crippen molar-refractivity contribution in [2.45, 2.75) is 25.4 Å². The van der Waals surface area contributed by atoms with E-state index in [1.165, 1.54) is 6.07 Å². The van der Waals surface area contributed by atoms with E-state index in [1.807, 2.05) is 12.2 Å². The molecule has 0 heterocycles. The summed E-state index contributed by atoms with van der Waals surface area (Å²) >= 11 is 0. The second-order valence-corrected chi connectivity index (χ2v) is 4.70. The van der Waals surface area contributed by atoms with Crippen molar-refractivity contribution in [1.82, 2.24) is 5.32 Å². The van der Waals surface area contributed by atoms with Gasteiger partial charge in [0.05, 0.1) is 0 Å². The Balaban J connectivity index is 2.02. The van der Waals surface area contributed by atoms with Crippen molar-refractivity contribution < 1.29 is 13.9 Å². The Bertz CT molecular complexity index is 447. The smallest absolute Gasteiger partial charge is 0.163 e. The number of aliphatic hydroxyl groups excluding tert-OH is 1. The predicted octanol–water partition coefficient (Wildman–Crippen LogP) is 2.55. The van der Waals surface area contributed by atoms with Crippen LogP contribution in [0.3, 0.4) is 0 Å². The Morgan fingerprint density at radius 2 is 2.17 bits per heavy atom. The van der Waals surface area contributed by atoms with Gasteiger partial charge in [-0.2, -0.15) is 0 Å². The van der Waals surface area contributed by atoms with Crippen molar-refractivity contribution >= 4 is 0 Å². The number of hydrogen-bond donors (Lipinski definition) is 2. The molecule has 2 N–H and O–H groups in total. The molecule has 2 rings (SSSR count). The minimum absolute atomic E-state index is 0.0971. The van der Waals surface area contributed by atoms with Gasteiger partial charge in [-0.25, -0.2) is 8.78 Å². The molecule has 4 heteroatoms. The number of halogens is 2. The van der Waals surface area contributed by atoms with Gasteiger partial charge in [-0.15, -0.1) is 0 Å². The van der Waals surface area contributed by atoms with Crippen LogP contribution in [0, 0.1) is 17.6 Å². The normalized spacial score (nSPS) is 24.4. The Morgan fingerprint density at radius 3 is 2.83 bits per heavy atom. The van der Waals surface area contributed by atoms with Crippen LogP contribution in [-0.2, 0) is 0 Å². The molecule has 0 radical (unpaired) electrons. The van der Waals surface area contributed by atoms with Crippen LogP contribution in [0.15, 0.2) is 30.4 Å². The standard InChI is InChI=1S/C14H17F2NO/c1-9(12-3-2-4-13(15)14(12)16)17-11-6-5-10(7-11)8-18/h2-6,9-11,17-18H,7-8H2,1H3/t9-,10+,11-/m1/s1. The zero-order chi connectivity index (χ0) is 13.1.